The van der Waals surface area contributed by atoms with Crippen molar-refractivity contribution in [2.75, 3.05) is 19.6 Å². The lowest BCUT2D eigenvalue weighted by atomic mass is 10.1. The van der Waals surface area contributed by atoms with Crippen LogP contribution in [0.25, 0.3) is 0 Å². The van der Waals surface area contributed by atoms with E-state index in [2.05, 4.69) is 33.1 Å². The van der Waals surface area contributed by atoms with Crippen molar-refractivity contribution in [3.05, 3.63) is 35.9 Å². The van der Waals surface area contributed by atoms with Crippen LogP contribution >= 0.6 is 0 Å². The molecule has 3 N–H and O–H groups in total. The third-order valence-electron chi connectivity index (χ3n) is 2.95. The molecular weight excluding hydrogens is 276 g/mol. The molecule has 0 saturated carbocycles. The molecule has 0 spiro atoms. The monoisotopic (exact) mass is 304 g/mol. The highest BCUT2D eigenvalue weighted by Crippen LogP contribution is 1.98. The van der Waals surface area contributed by atoms with E-state index in [0.717, 1.165) is 25.5 Å². The zero-order valence-electron chi connectivity index (χ0n) is 13.9. The Hall–Kier alpha value is -2.04. The molecule has 0 atom stereocenters. The van der Waals surface area contributed by atoms with Gasteiger partial charge in [-0.25, -0.2) is 0 Å². The van der Waals surface area contributed by atoms with Crippen LogP contribution in [0.1, 0.15) is 32.8 Å². The molecule has 1 aromatic rings. The zero-order chi connectivity index (χ0) is 16.2. The Balaban J connectivity index is 2.34. The van der Waals surface area contributed by atoms with Gasteiger partial charge in [0.25, 0.3) is 0 Å². The normalized spacial score (nSPS) is 11.4. The summed E-state index contributed by atoms with van der Waals surface area (Å²) in [6.45, 7) is 8.04. The Bertz CT molecular complexity index is 457. The van der Waals surface area contributed by atoms with Crippen molar-refractivity contribution in [2.45, 2.75) is 39.7 Å². The largest absolute Gasteiger partial charge is 0.357 e. The van der Waals surface area contributed by atoms with E-state index < -0.39 is 0 Å². The Morgan fingerprint density at radius 2 is 1.91 bits per heavy atom. The number of rotatable bonds is 8. The molecule has 0 fully saturated rings. The van der Waals surface area contributed by atoms with Crippen LogP contribution in [-0.2, 0) is 11.2 Å². The van der Waals surface area contributed by atoms with Gasteiger partial charge in [0.2, 0.25) is 5.91 Å². The van der Waals surface area contributed by atoms with Gasteiger partial charge in [-0.15, -0.1) is 0 Å². The Labute approximate surface area is 133 Å². The van der Waals surface area contributed by atoms with Gasteiger partial charge in [-0.3, -0.25) is 9.79 Å². The number of guanidine groups is 1. The second-order valence-electron chi connectivity index (χ2n) is 5.40. The molecule has 0 radical (unpaired) electrons. The molecule has 5 nitrogen and oxygen atoms in total. The summed E-state index contributed by atoms with van der Waals surface area (Å²) < 4.78 is 0. The van der Waals surface area contributed by atoms with Crippen molar-refractivity contribution in [1.29, 1.82) is 0 Å². The number of hydrogen-bond donors (Lipinski definition) is 3. The highest BCUT2D eigenvalue weighted by atomic mass is 16.1. The van der Waals surface area contributed by atoms with Crippen molar-refractivity contribution in [2.24, 2.45) is 4.99 Å². The highest BCUT2D eigenvalue weighted by Gasteiger charge is 2.03. The first-order valence-electron chi connectivity index (χ1n) is 7.97. The van der Waals surface area contributed by atoms with E-state index >= 15 is 0 Å². The van der Waals surface area contributed by atoms with Crippen molar-refractivity contribution >= 4 is 11.9 Å². The summed E-state index contributed by atoms with van der Waals surface area (Å²) in [5, 5.41) is 9.35. The topological polar surface area (TPSA) is 65.5 Å². The number of aliphatic imine (C=N–C) groups is 1. The molecule has 0 aromatic heterocycles. The fraction of sp³-hybridized carbons (Fsp3) is 0.529. The average molecular weight is 304 g/mol. The standard InChI is InChI=1S/C17H28N4O/c1-4-18-17(20-13-11-16(22)21-14(2)3)19-12-10-15-8-6-5-7-9-15/h5-9,14H,4,10-13H2,1-3H3,(H,21,22)(H2,18,19,20). The Morgan fingerprint density at radius 1 is 1.18 bits per heavy atom. The molecule has 0 heterocycles. The molecule has 5 heteroatoms. The van der Waals surface area contributed by atoms with Crippen LogP contribution in [0.15, 0.2) is 35.3 Å². The minimum atomic E-state index is 0.0406. The fourth-order valence-corrected chi connectivity index (χ4v) is 1.98. The second kappa shape index (κ2) is 10.7. The third kappa shape index (κ3) is 8.29. The van der Waals surface area contributed by atoms with Gasteiger partial charge in [0.1, 0.15) is 0 Å². The summed E-state index contributed by atoms with van der Waals surface area (Å²) in [7, 11) is 0. The molecular formula is C17H28N4O. The highest BCUT2D eigenvalue weighted by molar-refractivity contribution is 5.80. The lowest BCUT2D eigenvalue weighted by Crippen LogP contribution is -2.38. The molecule has 122 valence electrons. The van der Waals surface area contributed by atoms with E-state index in [0.29, 0.717) is 13.0 Å². The molecule has 22 heavy (non-hydrogen) atoms. The molecule has 1 aromatic carbocycles. The molecule has 1 rings (SSSR count). The summed E-state index contributed by atoms with van der Waals surface area (Å²) in [4.78, 5) is 16.0. The Kier molecular flexibility index (Phi) is 8.72. The fourth-order valence-electron chi connectivity index (χ4n) is 1.98. The SMILES string of the molecule is CCNC(=NCCC(=O)NC(C)C)NCCc1ccccc1. The number of benzene rings is 1. The van der Waals surface area contributed by atoms with E-state index in [4.69, 9.17) is 0 Å². The van der Waals surface area contributed by atoms with Gasteiger partial charge >= 0.3 is 0 Å². The quantitative estimate of drug-likeness (QED) is 0.506. The van der Waals surface area contributed by atoms with E-state index in [-0.39, 0.29) is 11.9 Å². The first-order valence-corrected chi connectivity index (χ1v) is 7.97. The summed E-state index contributed by atoms with van der Waals surface area (Å²) in [5.74, 6) is 0.801. The van der Waals surface area contributed by atoms with E-state index in [1.54, 1.807) is 0 Å². The van der Waals surface area contributed by atoms with E-state index in [1.807, 2.05) is 39.0 Å². The van der Waals surface area contributed by atoms with E-state index in [1.165, 1.54) is 5.56 Å². The third-order valence-corrected chi connectivity index (χ3v) is 2.95. The molecule has 0 bridgehead atoms. The maximum absolute atomic E-state index is 11.6. The number of carbonyl (C=O) groups excluding carboxylic acids is 1. The van der Waals surface area contributed by atoms with Gasteiger partial charge in [0.05, 0.1) is 6.54 Å². The lowest BCUT2D eigenvalue weighted by molar-refractivity contribution is -0.121. The summed E-state index contributed by atoms with van der Waals surface area (Å²) in [6, 6.07) is 10.5. The van der Waals surface area contributed by atoms with Crippen LogP contribution in [0.4, 0.5) is 0 Å². The van der Waals surface area contributed by atoms with Crippen molar-refractivity contribution in [3.63, 3.8) is 0 Å². The van der Waals surface area contributed by atoms with Crippen LogP contribution in [-0.4, -0.2) is 37.5 Å². The smallest absolute Gasteiger partial charge is 0.222 e. The van der Waals surface area contributed by atoms with Crippen LogP contribution in [0.3, 0.4) is 0 Å². The number of carbonyl (C=O) groups is 1. The summed E-state index contributed by atoms with van der Waals surface area (Å²) in [5.41, 5.74) is 1.29. The molecule has 1 amide bonds. The molecule has 0 aliphatic rings. The number of amides is 1. The molecule has 0 aliphatic heterocycles. The number of nitrogens with zero attached hydrogens (tertiary/aromatic N) is 1. The van der Waals surface area contributed by atoms with Gasteiger partial charge < -0.3 is 16.0 Å². The lowest BCUT2D eigenvalue weighted by Gasteiger charge is -2.11. The summed E-state index contributed by atoms with van der Waals surface area (Å²) >= 11 is 0. The van der Waals surface area contributed by atoms with E-state index in [9.17, 15) is 4.79 Å². The van der Waals surface area contributed by atoms with Gasteiger partial charge in [0, 0.05) is 25.6 Å². The average Bonchev–Trinajstić information content (AvgIpc) is 2.47. The predicted molar refractivity (Wildman–Crippen MR) is 92.0 cm³/mol. The minimum Gasteiger partial charge on any atom is -0.357 e. The maximum atomic E-state index is 11.6. The van der Waals surface area contributed by atoms with Gasteiger partial charge in [-0.1, -0.05) is 30.3 Å². The first kappa shape index (κ1) is 18.0. The van der Waals surface area contributed by atoms with Crippen LogP contribution < -0.4 is 16.0 Å². The van der Waals surface area contributed by atoms with Gasteiger partial charge in [0.15, 0.2) is 5.96 Å². The first-order chi connectivity index (χ1) is 10.6. The minimum absolute atomic E-state index is 0.0406. The summed E-state index contributed by atoms with van der Waals surface area (Å²) in [6.07, 6.45) is 1.35. The second-order valence-corrected chi connectivity index (χ2v) is 5.40. The zero-order valence-corrected chi connectivity index (χ0v) is 13.9. The van der Waals surface area contributed by atoms with Crippen LogP contribution in [0, 0.1) is 0 Å². The Morgan fingerprint density at radius 3 is 2.55 bits per heavy atom. The molecule has 0 unspecified atom stereocenters. The van der Waals surface area contributed by atoms with Crippen LogP contribution in [0.2, 0.25) is 0 Å². The van der Waals surface area contributed by atoms with Crippen LogP contribution in [0.5, 0.6) is 0 Å². The van der Waals surface area contributed by atoms with Crippen molar-refractivity contribution in [3.8, 4) is 0 Å². The van der Waals surface area contributed by atoms with Crippen molar-refractivity contribution in [1.82, 2.24) is 16.0 Å². The van der Waals surface area contributed by atoms with Crippen molar-refractivity contribution < 1.29 is 4.79 Å². The number of hydrogen-bond acceptors (Lipinski definition) is 2. The maximum Gasteiger partial charge on any atom is 0.222 e. The van der Waals surface area contributed by atoms with Gasteiger partial charge in [-0.05, 0) is 32.8 Å². The molecule has 0 saturated heterocycles. The number of nitrogens with one attached hydrogen (secondary N) is 3. The molecule has 0 aliphatic carbocycles. The predicted octanol–water partition coefficient (Wildman–Crippen LogP) is 1.70. The van der Waals surface area contributed by atoms with Gasteiger partial charge in [-0.2, -0.15) is 0 Å².